The Morgan fingerprint density at radius 1 is 0.935 bits per heavy atom. The predicted octanol–water partition coefficient (Wildman–Crippen LogP) is 5.83. The van der Waals surface area contributed by atoms with Gasteiger partial charge in [-0.3, -0.25) is 0 Å². The summed E-state index contributed by atoms with van der Waals surface area (Å²) in [5, 5.41) is 0. The summed E-state index contributed by atoms with van der Waals surface area (Å²) >= 11 is 0. The van der Waals surface area contributed by atoms with Gasteiger partial charge in [-0.1, -0.05) is 6.92 Å². The van der Waals surface area contributed by atoms with Crippen molar-refractivity contribution in [3.63, 3.8) is 0 Å². The van der Waals surface area contributed by atoms with Crippen molar-refractivity contribution in [3.8, 4) is 11.5 Å². The van der Waals surface area contributed by atoms with E-state index in [-0.39, 0.29) is 5.75 Å². The molecule has 1 aliphatic carbocycles. The van der Waals surface area contributed by atoms with Gasteiger partial charge in [0.2, 0.25) is 0 Å². The van der Waals surface area contributed by atoms with Gasteiger partial charge in [-0.25, -0.2) is 22.4 Å². The first-order valence-electron chi connectivity index (χ1n) is 10.3. The van der Waals surface area contributed by atoms with Gasteiger partial charge in [0, 0.05) is 24.8 Å². The third-order valence-corrected chi connectivity index (χ3v) is 5.17. The zero-order valence-electron chi connectivity index (χ0n) is 17.1. The Hall–Kier alpha value is -2.61. The summed E-state index contributed by atoms with van der Waals surface area (Å²) in [5.74, 6) is -6.75. The van der Waals surface area contributed by atoms with E-state index in [0.29, 0.717) is 30.8 Å². The average molecular weight is 440 g/mol. The molecule has 31 heavy (non-hydrogen) atoms. The molecule has 0 saturated heterocycles. The minimum absolute atomic E-state index is 0.261. The van der Waals surface area contributed by atoms with Crippen LogP contribution in [0.15, 0.2) is 30.3 Å². The van der Waals surface area contributed by atoms with Crippen molar-refractivity contribution in [2.45, 2.75) is 45.1 Å². The second-order valence-electron chi connectivity index (χ2n) is 7.56. The maximum atomic E-state index is 14.4. The molecule has 0 unspecified atom stereocenters. The lowest BCUT2D eigenvalue weighted by molar-refractivity contribution is 0.0132. The Morgan fingerprint density at radius 3 is 2.19 bits per heavy atom. The van der Waals surface area contributed by atoms with Crippen LogP contribution in [-0.2, 0) is 4.74 Å². The summed E-state index contributed by atoms with van der Waals surface area (Å²) in [6.45, 7) is 3.27. The maximum Gasteiger partial charge on any atom is 0.346 e. The Labute approximate surface area is 178 Å². The molecule has 0 radical (unpaired) electrons. The monoisotopic (exact) mass is 440 g/mol. The van der Waals surface area contributed by atoms with Gasteiger partial charge in [-0.2, -0.15) is 0 Å². The van der Waals surface area contributed by atoms with Crippen molar-refractivity contribution in [3.05, 3.63) is 59.2 Å². The molecule has 0 amide bonds. The third kappa shape index (κ3) is 6.19. The van der Waals surface area contributed by atoms with Gasteiger partial charge in [-0.15, -0.1) is 0 Å². The molecule has 8 heteroatoms. The molecule has 168 valence electrons. The summed E-state index contributed by atoms with van der Waals surface area (Å²) in [4.78, 5) is 12.1. The van der Waals surface area contributed by atoms with Gasteiger partial charge in [0.15, 0.2) is 17.5 Å². The molecule has 0 N–H and O–H groups in total. The van der Waals surface area contributed by atoms with Crippen LogP contribution in [0.4, 0.5) is 17.6 Å². The van der Waals surface area contributed by atoms with E-state index < -0.39 is 40.6 Å². The van der Waals surface area contributed by atoms with Crippen molar-refractivity contribution < 1.29 is 36.6 Å². The van der Waals surface area contributed by atoms with Crippen LogP contribution in [-0.4, -0.2) is 25.3 Å². The SMILES string of the molecule is CCCOC1CCC(COc2ccc(C(=O)Oc3cc(F)c(F)c(F)c3)c(F)c2)CC1. The normalized spacial score (nSPS) is 18.6. The molecule has 2 aromatic rings. The molecule has 0 aromatic heterocycles. The van der Waals surface area contributed by atoms with Gasteiger partial charge < -0.3 is 14.2 Å². The van der Waals surface area contributed by atoms with Crippen molar-refractivity contribution in [1.82, 2.24) is 0 Å². The van der Waals surface area contributed by atoms with Crippen LogP contribution >= 0.6 is 0 Å². The van der Waals surface area contributed by atoms with Crippen LogP contribution in [0.3, 0.4) is 0 Å². The highest BCUT2D eigenvalue weighted by molar-refractivity contribution is 5.91. The highest BCUT2D eigenvalue weighted by Crippen LogP contribution is 2.28. The van der Waals surface area contributed by atoms with Gasteiger partial charge in [0.25, 0.3) is 0 Å². The van der Waals surface area contributed by atoms with Gasteiger partial charge in [-0.05, 0) is 50.2 Å². The molecular formula is C23H24F4O4. The lowest BCUT2D eigenvalue weighted by atomic mass is 9.88. The summed E-state index contributed by atoms with van der Waals surface area (Å²) in [6, 6.07) is 4.65. The number of hydrogen-bond acceptors (Lipinski definition) is 4. The lowest BCUT2D eigenvalue weighted by Crippen LogP contribution is -2.25. The summed E-state index contributed by atoms with van der Waals surface area (Å²) in [7, 11) is 0. The lowest BCUT2D eigenvalue weighted by Gasteiger charge is -2.28. The predicted molar refractivity (Wildman–Crippen MR) is 105 cm³/mol. The number of ether oxygens (including phenoxy) is 3. The fourth-order valence-electron chi connectivity index (χ4n) is 3.47. The Kier molecular flexibility index (Phi) is 7.90. The first-order valence-corrected chi connectivity index (χ1v) is 10.3. The minimum Gasteiger partial charge on any atom is -0.493 e. The molecular weight excluding hydrogens is 416 g/mol. The molecule has 0 spiro atoms. The van der Waals surface area contributed by atoms with Crippen LogP contribution in [0.2, 0.25) is 0 Å². The summed E-state index contributed by atoms with van der Waals surface area (Å²) < 4.78 is 70.0. The molecule has 0 aliphatic heterocycles. The fourth-order valence-corrected chi connectivity index (χ4v) is 3.47. The van der Waals surface area contributed by atoms with Crippen LogP contribution in [0, 0.1) is 29.2 Å². The van der Waals surface area contributed by atoms with E-state index in [9.17, 15) is 22.4 Å². The minimum atomic E-state index is -1.69. The van der Waals surface area contributed by atoms with E-state index in [2.05, 4.69) is 6.92 Å². The topological polar surface area (TPSA) is 44.8 Å². The van der Waals surface area contributed by atoms with Crippen molar-refractivity contribution in [1.29, 1.82) is 0 Å². The van der Waals surface area contributed by atoms with E-state index in [1.807, 2.05) is 0 Å². The second kappa shape index (κ2) is 10.6. The van der Waals surface area contributed by atoms with E-state index in [0.717, 1.165) is 44.8 Å². The van der Waals surface area contributed by atoms with Gasteiger partial charge in [0.1, 0.15) is 17.3 Å². The van der Waals surface area contributed by atoms with Crippen LogP contribution in [0.5, 0.6) is 11.5 Å². The molecule has 0 heterocycles. The highest BCUT2D eigenvalue weighted by Gasteiger charge is 2.23. The Bertz CT molecular complexity index is 887. The van der Waals surface area contributed by atoms with Crippen molar-refractivity contribution >= 4 is 5.97 Å². The summed E-state index contributed by atoms with van der Waals surface area (Å²) in [6.07, 6.45) is 5.16. The van der Waals surface area contributed by atoms with Crippen LogP contribution < -0.4 is 9.47 Å². The number of carbonyl (C=O) groups is 1. The summed E-state index contributed by atoms with van der Waals surface area (Å²) in [5.41, 5.74) is -0.439. The van der Waals surface area contributed by atoms with E-state index >= 15 is 0 Å². The van der Waals surface area contributed by atoms with Gasteiger partial charge >= 0.3 is 5.97 Å². The van der Waals surface area contributed by atoms with Gasteiger partial charge in [0.05, 0.1) is 18.3 Å². The quantitative estimate of drug-likeness (QED) is 0.224. The third-order valence-electron chi connectivity index (χ3n) is 5.17. The largest absolute Gasteiger partial charge is 0.493 e. The zero-order valence-corrected chi connectivity index (χ0v) is 17.1. The first kappa shape index (κ1) is 23.1. The van der Waals surface area contributed by atoms with E-state index in [4.69, 9.17) is 14.2 Å². The number of hydrogen-bond donors (Lipinski definition) is 0. The highest BCUT2D eigenvalue weighted by atomic mass is 19.2. The molecule has 3 rings (SSSR count). The average Bonchev–Trinajstić information content (AvgIpc) is 2.75. The number of benzene rings is 2. The van der Waals surface area contributed by atoms with Crippen LogP contribution in [0.25, 0.3) is 0 Å². The van der Waals surface area contributed by atoms with Crippen molar-refractivity contribution in [2.24, 2.45) is 5.92 Å². The smallest absolute Gasteiger partial charge is 0.346 e. The molecule has 1 fully saturated rings. The molecule has 0 bridgehead atoms. The Balaban J connectivity index is 1.53. The van der Waals surface area contributed by atoms with E-state index in [1.54, 1.807) is 0 Å². The van der Waals surface area contributed by atoms with E-state index in [1.165, 1.54) is 12.1 Å². The molecule has 1 saturated carbocycles. The number of halogens is 4. The first-order chi connectivity index (χ1) is 14.9. The maximum absolute atomic E-state index is 14.4. The fraction of sp³-hybridized carbons (Fsp3) is 0.435. The molecule has 1 aliphatic rings. The second-order valence-corrected chi connectivity index (χ2v) is 7.56. The number of esters is 1. The number of rotatable bonds is 8. The van der Waals surface area contributed by atoms with Crippen molar-refractivity contribution in [2.75, 3.05) is 13.2 Å². The Morgan fingerprint density at radius 2 is 1.58 bits per heavy atom. The number of carbonyl (C=O) groups excluding carboxylic acids is 1. The molecule has 0 atom stereocenters. The van der Waals surface area contributed by atoms with Crippen LogP contribution in [0.1, 0.15) is 49.4 Å². The standard InChI is InChI=1S/C23H24F4O4/c1-2-9-29-15-5-3-14(4-6-15)13-30-16-7-8-18(19(24)10-16)23(28)31-17-11-20(25)22(27)21(26)12-17/h7-8,10-12,14-15H,2-6,9,13H2,1H3. The molecule has 2 aromatic carbocycles. The zero-order chi connectivity index (χ0) is 22.4. The molecule has 4 nitrogen and oxygen atoms in total.